The monoisotopic (exact) mass is 370 g/mol. The molecule has 88 valence electrons. The molecule has 0 aromatic heterocycles. The zero-order chi connectivity index (χ0) is 12.3. The molecule has 17 heavy (non-hydrogen) atoms. The molecule has 0 atom stereocenters. The highest BCUT2D eigenvalue weighted by atomic mass is 79.9. The van der Waals surface area contributed by atoms with Crippen LogP contribution in [0.5, 0.6) is 0 Å². The summed E-state index contributed by atoms with van der Waals surface area (Å²) < 4.78 is 2.21. The maximum atomic E-state index is 3.58. The minimum atomic E-state index is 1.09. The van der Waals surface area contributed by atoms with Crippen LogP contribution in [0.3, 0.4) is 0 Å². The first-order chi connectivity index (χ1) is 8.19. The quantitative estimate of drug-likeness (QED) is 0.644. The van der Waals surface area contributed by atoms with Crippen LogP contribution in [0.25, 0.3) is 0 Å². The van der Waals surface area contributed by atoms with Gasteiger partial charge in [0.25, 0.3) is 0 Å². The Kier molecular flexibility index (Phi) is 4.71. The van der Waals surface area contributed by atoms with Gasteiger partial charge in [0.2, 0.25) is 0 Å². The number of rotatable bonds is 3. The lowest BCUT2D eigenvalue weighted by Crippen LogP contribution is -1.80. The van der Waals surface area contributed by atoms with E-state index in [1.807, 2.05) is 0 Å². The maximum Gasteiger partial charge on any atom is 0.0326 e. The van der Waals surface area contributed by atoms with Crippen LogP contribution in [0, 0.1) is 0 Å². The predicted molar refractivity (Wildman–Crippen MR) is 81.8 cm³/mol. The van der Waals surface area contributed by atoms with Crippen LogP contribution in [0.1, 0.15) is 12.5 Å². The normalized spacial score (nSPS) is 10.5. The van der Waals surface area contributed by atoms with E-state index < -0.39 is 0 Å². The lowest BCUT2D eigenvalue weighted by Gasteiger charge is -2.05. The average molecular weight is 372 g/mol. The first-order valence-corrected chi connectivity index (χ1v) is 7.81. The fraction of sp³-hybridized carbons (Fsp3) is 0.143. The van der Waals surface area contributed by atoms with Gasteiger partial charge in [0.15, 0.2) is 0 Å². The Bertz CT molecular complexity index is 506. The van der Waals surface area contributed by atoms with Crippen LogP contribution in [-0.2, 0) is 6.42 Å². The van der Waals surface area contributed by atoms with Gasteiger partial charge in [-0.25, -0.2) is 0 Å². The molecule has 2 rings (SSSR count). The van der Waals surface area contributed by atoms with Gasteiger partial charge in [-0.15, -0.1) is 0 Å². The van der Waals surface area contributed by atoms with Gasteiger partial charge in [-0.3, -0.25) is 0 Å². The van der Waals surface area contributed by atoms with Crippen molar-refractivity contribution in [2.45, 2.75) is 23.1 Å². The van der Waals surface area contributed by atoms with Crippen LogP contribution in [0.4, 0.5) is 0 Å². The van der Waals surface area contributed by atoms with E-state index in [4.69, 9.17) is 0 Å². The molecule has 0 heterocycles. The van der Waals surface area contributed by atoms with Gasteiger partial charge in [0, 0.05) is 18.7 Å². The van der Waals surface area contributed by atoms with Crippen LogP contribution >= 0.6 is 43.6 Å². The first kappa shape index (κ1) is 13.2. The van der Waals surface area contributed by atoms with E-state index in [1.165, 1.54) is 15.4 Å². The molecule has 0 saturated carbocycles. The summed E-state index contributed by atoms with van der Waals surface area (Å²) in [6, 6.07) is 15.0. The molecule has 0 fully saturated rings. The van der Waals surface area contributed by atoms with Gasteiger partial charge in [-0.05, 0) is 58.2 Å². The van der Waals surface area contributed by atoms with Crippen molar-refractivity contribution in [2.75, 3.05) is 0 Å². The molecular weight excluding hydrogens is 360 g/mol. The lowest BCUT2D eigenvalue weighted by molar-refractivity contribution is 1.13. The molecule has 2 aromatic rings. The Morgan fingerprint density at radius 2 is 1.71 bits per heavy atom. The number of halogens is 2. The molecular formula is C14H12Br2S. The fourth-order valence-electron chi connectivity index (χ4n) is 1.48. The Morgan fingerprint density at radius 1 is 1.00 bits per heavy atom. The molecule has 0 aliphatic carbocycles. The van der Waals surface area contributed by atoms with Gasteiger partial charge >= 0.3 is 0 Å². The van der Waals surface area contributed by atoms with E-state index >= 15 is 0 Å². The third kappa shape index (κ3) is 3.60. The molecule has 0 N–H and O–H groups in total. The first-order valence-electron chi connectivity index (χ1n) is 5.41. The molecule has 0 nitrogen and oxygen atoms in total. The zero-order valence-electron chi connectivity index (χ0n) is 9.41. The summed E-state index contributed by atoms with van der Waals surface area (Å²) in [4.78, 5) is 2.50. The van der Waals surface area contributed by atoms with Crippen molar-refractivity contribution in [1.82, 2.24) is 0 Å². The second kappa shape index (κ2) is 6.07. The van der Waals surface area contributed by atoms with E-state index in [2.05, 4.69) is 81.2 Å². The summed E-state index contributed by atoms with van der Waals surface area (Å²) in [6.07, 6.45) is 1.09. The van der Waals surface area contributed by atoms with Crippen LogP contribution in [0.15, 0.2) is 61.2 Å². The highest BCUT2D eigenvalue weighted by Crippen LogP contribution is 2.35. The van der Waals surface area contributed by atoms with Crippen LogP contribution in [-0.4, -0.2) is 0 Å². The van der Waals surface area contributed by atoms with Gasteiger partial charge in [-0.2, -0.15) is 0 Å². The number of hydrogen-bond donors (Lipinski definition) is 0. The van der Waals surface area contributed by atoms with Crippen molar-refractivity contribution in [3.63, 3.8) is 0 Å². The smallest absolute Gasteiger partial charge is 0.0326 e. The molecule has 0 bridgehead atoms. The average Bonchev–Trinajstić information content (AvgIpc) is 2.34. The minimum absolute atomic E-state index is 1.09. The summed E-state index contributed by atoms with van der Waals surface area (Å²) in [5.74, 6) is 0. The third-order valence-corrected chi connectivity index (χ3v) is 4.95. The molecule has 2 aromatic carbocycles. The third-order valence-electron chi connectivity index (χ3n) is 2.45. The van der Waals surface area contributed by atoms with E-state index in [9.17, 15) is 0 Å². The minimum Gasteiger partial charge on any atom is -0.0889 e. The Labute approximate surface area is 123 Å². The van der Waals surface area contributed by atoms with Crippen LogP contribution in [0.2, 0.25) is 0 Å². The van der Waals surface area contributed by atoms with E-state index in [0.717, 1.165) is 15.4 Å². The fourth-order valence-corrected chi connectivity index (χ4v) is 3.59. The van der Waals surface area contributed by atoms with Crippen molar-refractivity contribution in [2.24, 2.45) is 0 Å². The maximum absolute atomic E-state index is 3.58. The van der Waals surface area contributed by atoms with E-state index in [0.29, 0.717) is 0 Å². The largest absolute Gasteiger partial charge is 0.0889 e. The molecule has 0 aliphatic rings. The summed E-state index contributed by atoms with van der Waals surface area (Å²) >= 11 is 8.82. The predicted octanol–water partition coefficient (Wildman–Crippen LogP) is 5.93. The number of hydrogen-bond acceptors (Lipinski definition) is 1. The van der Waals surface area contributed by atoms with Gasteiger partial charge < -0.3 is 0 Å². The molecule has 0 saturated heterocycles. The standard InChI is InChI=1S/C14H12Br2S/c1-2-10-3-6-12(7-4-10)17-14-8-5-11(15)9-13(14)16/h3-9H,2H2,1H3. The highest BCUT2D eigenvalue weighted by Gasteiger charge is 2.03. The Hall–Kier alpha value is -0.250. The van der Waals surface area contributed by atoms with Crippen molar-refractivity contribution < 1.29 is 0 Å². The molecule has 0 spiro atoms. The second-order valence-electron chi connectivity index (χ2n) is 3.67. The van der Waals surface area contributed by atoms with Gasteiger partial charge in [-0.1, -0.05) is 46.7 Å². The van der Waals surface area contributed by atoms with E-state index in [-0.39, 0.29) is 0 Å². The van der Waals surface area contributed by atoms with E-state index in [1.54, 1.807) is 11.8 Å². The van der Waals surface area contributed by atoms with Crippen molar-refractivity contribution >= 4 is 43.6 Å². The zero-order valence-corrected chi connectivity index (χ0v) is 13.4. The summed E-state index contributed by atoms with van der Waals surface area (Å²) in [5, 5.41) is 0. The van der Waals surface area contributed by atoms with Crippen molar-refractivity contribution in [3.8, 4) is 0 Å². The number of aryl methyl sites for hydroxylation is 1. The van der Waals surface area contributed by atoms with Gasteiger partial charge in [0.1, 0.15) is 0 Å². The topological polar surface area (TPSA) is 0 Å². The molecule has 0 aliphatic heterocycles. The van der Waals surface area contributed by atoms with Crippen molar-refractivity contribution in [3.05, 3.63) is 57.0 Å². The molecule has 3 heteroatoms. The molecule has 0 radical (unpaired) electrons. The highest BCUT2D eigenvalue weighted by molar-refractivity contribution is 9.11. The summed E-state index contributed by atoms with van der Waals surface area (Å²) in [6.45, 7) is 2.17. The SMILES string of the molecule is CCc1ccc(Sc2ccc(Br)cc2Br)cc1. The number of benzene rings is 2. The lowest BCUT2D eigenvalue weighted by atomic mass is 10.2. The Morgan fingerprint density at radius 3 is 2.29 bits per heavy atom. The summed E-state index contributed by atoms with van der Waals surface area (Å²) in [7, 11) is 0. The molecule has 0 unspecified atom stereocenters. The summed E-state index contributed by atoms with van der Waals surface area (Å²) in [5.41, 5.74) is 1.38. The second-order valence-corrected chi connectivity index (χ2v) is 6.56. The van der Waals surface area contributed by atoms with Gasteiger partial charge in [0.05, 0.1) is 0 Å². The molecule has 0 amide bonds. The van der Waals surface area contributed by atoms with Crippen LogP contribution < -0.4 is 0 Å². The Balaban J connectivity index is 2.19. The van der Waals surface area contributed by atoms with Crippen molar-refractivity contribution in [1.29, 1.82) is 0 Å².